The molecule has 0 bridgehead atoms. The molecule has 3 rings (SSSR count). The smallest absolute Gasteiger partial charge is 0.227 e. The van der Waals surface area contributed by atoms with Gasteiger partial charge in [-0.05, 0) is 36.6 Å². The molecule has 1 aliphatic rings. The second-order valence-corrected chi connectivity index (χ2v) is 6.73. The SMILES string of the molecule is O=C(Nc1ccccc1Nc1ncc(CO)cc1Cl)C1CCCCC1. The molecule has 132 valence electrons. The Bertz CT molecular complexity index is 745. The molecule has 1 aromatic heterocycles. The van der Waals surface area contributed by atoms with E-state index in [1.54, 1.807) is 12.3 Å². The zero-order chi connectivity index (χ0) is 17.6. The zero-order valence-corrected chi connectivity index (χ0v) is 14.7. The summed E-state index contributed by atoms with van der Waals surface area (Å²) in [4.78, 5) is 16.8. The van der Waals surface area contributed by atoms with Gasteiger partial charge in [-0.25, -0.2) is 4.98 Å². The summed E-state index contributed by atoms with van der Waals surface area (Å²) in [6.07, 6.45) is 6.94. The summed E-state index contributed by atoms with van der Waals surface area (Å²) in [7, 11) is 0. The lowest BCUT2D eigenvalue weighted by Gasteiger charge is -2.21. The van der Waals surface area contributed by atoms with Crippen LogP contribution in [0.2, 0.25) is 5.02 Å². The van der Waals surface area contributed by atoms with E-state index in [4.69, 9.17) is 16.7 Å². The first kappa shape index (κ1) is 17.7. The summed E-state index contributed by atoms with van der Waals surface area (Å²) in [5.74, 6) is 0.647. The molecular formula is C19H22ClN3O2. The van der Waals surface area contributed by atoms with Gasteiger partial charge in [0.15, 0.2) is 0 Å². The minimum absolute atomic E-state index is 0.0728. The average Bonchev–Trinajstić information content (AvgIpc) is 2.65. The van der Waals surface area contributed by atoms with E-state index in [1.165, 1.54) is 6.42 Å². The molecule has 1 heterocycles. The van der Waals surface area contributed by atoms with Crippen LogP contribution < -0.4 is 10.6 Å². The second-order valence-electron chi connectivity index (χ2n) is 6.33. The highest BCUT2D eigenvalue weighted by atomic mass is 35.5. The highest BCUT2D eigenvalue weighted by Crippen LogP contribution is 2.30. The molecule has 25 heavy (non-hydrogen) atoms. The number of nitrogens with one attached hydrogen (secondary N) is 2. The van der Waals surface area contributed by atoms with Crippen LogP contribution in [0.15, 0.2) is 36.5 Å². The van der Waals surface area contributed by atoms with Crippen molar-refractivity contribution in [2.75, 3.05) is 10.6 Å². The first-order chi connectivity index (χ1) is 12.2. The number of rotatable bonds is 5. The lowest BCUT2D eigenvalue weighted by molar-refractivity contribution is -0.120. The molecule has 3 N–H and O–H groups in total. The number of aromatic nitrogens is 1. The Morgan fingerprint density at radius 3 is 2.60 bits per heavy atom. The van der Waals surface area contributed by atoms with Gasteiger partial charge in [0.25, 0.3) is 0 Å². The molecule has 1 aliphatic carbocycles. The number of carbonyl (C=O) groups is 1. The van der Waals surface area contributed by atoms with Crippen LogP contribution >= 0.6 is 11.6 Å². The van der Waals surface area contributed by atoms with Crippen molar-refractivity contribution in [1.82, 2.24) is 4.98 Å². The Balaban J connectivity index is 1.75. The lowest BCUT2D eigenvalue weighted by Crippen LogP contribution is -2.25. The van der Waals surface area contributed by atoms with E-state index < -0.39 is 0 Å². The maximum absolute atomic E-state index is 12.5. The normalized spacial score (nSPS) is 15.0. The molecule has 0 spiro atoms. The van der Waals surface area contributed by atoms with Gasteiger partial charge in [0.1, 0.15) is 5.82 Å². The van der Waals surface area contributed by atoms with Crippen molar-refractivity contribution in [1.29, 1.82) is 0 Å². The molecule has 0 unspecified atom stereocenters. The topological polar surface area (TPSA) is 74.2 Å². The molecule has 0 atom stereocenters. The number of carbonyl (C=O) groups excluding carboxylic acids is 1. The third-order valence-corrected chi connectivity index (χ3v) is 4.78. The van der Waals surface area contributed by atoms with Gasteiger partial charge >= 0.3 is 0 Å². The molecule has 0 saturated heterocycles. The largest absolute Gasteiger partial charge is 0.392 e. The Morgan fingerprint density at radius 2 is 1.92 bits per heavy atom. The summed E-state index contributed by atoms with van der Waals surface area (Å²) in [6, 6.07) is 9.16. The van der Waals surface area contributed by atoms with Crippen molar-refractivity contribution < 1.29 is 9.90 Å². The number of hydrogen-bond acceptors (Lipinski definition) is 4. The quantitative estimate of drug-likeness (QED) is 0.735. The van der Waals surface area contributed by atoms with E-state index in [0.29, 0.717) is 22.1 Å². The zero-order valence-electron chi connectivity index (χ0n) is 14.0. The highest BCUT2D eigenvalue weighted by molar-refractivity contribution is 6.33. The second kappa shape index (κ2) is 8.32. The Labute approximate surface area is 152 Å². The Kier molecular flexibility index (Phi) is 5.89. The van der Waals surface area contributed by atoms with E-state index in [9.17, 15) is 4.79 Å². The Morgan fingerprint density at radius 1 is 1.20 bits per heavy atom. The monoisotopic (exact) mass is 359 g/mol. The fourth-order valence-electron chi connectivity index (χ4n) is 3.08. The van der Waals surface area contributed by atoms with Gasteiger partial charge in [0.05, 0.1) is 23.0 Å². The number of benzene rings is 1. The van der Waals surface area contributed by atoms with Gasteiger partial charge in [-0.15, -0.1) is 0 Å². The molecule has 1 fully saturated rings. The number of hydrogen-bond donors (Lipinski definition) is 3. The third-order valence-electron chi connectivity index (χ3n) is 4.49. The third kappa shape index (κ3) is 4.50. The highest BCUT2D eigenvalue weighted by Gasteiger charge is 2.21. The predicted octanol–water partition coefficient (Wildman–Crippen LogP) is 4.49. The molecule has 0 radical (unpaired) electrons. The number of para-hydroxylation sites is 2. The predicted molar refractivity (Wildman–Crippen MR) is 100 cm³/mol. The number of pyridine rings is 1. The first-order valence-corrected chi connectivity index (χ1v) is 8.97. The average molecular weight is 360 g/mol. The minimum atomic E-state index is -0.110. The molecule has 5 nitrogen and oxygen atoms in total. The van der Waals surface area contributed by atoms with Gasteiger partial charge in [-0.3, -0.25) is 4.79 Å². The van der Waals surface area contributed by atoms with Crippen molar-refractivity contribution in [3.63, 3.8) is 0 Å². The maximum Gasteiger partial charge on any atom is 0.227 e. The molecule has 2 aromatic rings. The van der Waals surface area contributed by atoms with Gasteiger partial charge < -0.3 is 15.7 Å². The van der Waals surface area contributed by atoms with Crippen molar-refractivity contribution in [3.8, 4) is 0 Å². The fraction of sp³-hybridized carbons (Fsp3) is 0.368. The van der Waals surface area contributed by atoms with E-state index >= 15 is 0 Å². The molecule has 1 aromatic carbocycles. The lowest BCUT2D eigenvalue weighted by atomic mass is 9.88. The van der Waals surface area contributed by atoms with E-state index in [-0.39, 0.29) is 18.4 Å². The summed E-state index contributed by atoms with van der Waals surface area (Å²) in [5, 5.41) is 15.8. The Hall–Kier alpha value is -2.11. The van der Waals surface area contributed by atoms with Crippen LogP contribution in [0.4, 0.5) is 17.2 Å². The summed E-state index contributed by atoms with van der Waals surface area (Å²) >= 11 is 6.21. The molecule has 6 heteroatoms. The van der Waals surface area contributed by atoms with Crippen molar-refractivity contribution >= 4 is 34.7 Å². The number of amides is 1. The van der Waals surface area contributed by atoms with Crippen LogP contribution in [0.25, 0.3) is 0 Å². The maximum atomic E-state index is 12.5. The molecule has 0 aliphatic heterocycles. The number of nitrogens with zero attached hydrogens (tertiary/aromatic N) is 1. The molecule has 1 amide bonds. The molecule has 1 saturated carbocycles. The van der Waals surface area contributed by atoms with Gasteiger partial charge in [0, 0.05) is 12.1 Å². The van der Waals surface area contributed by atoms with Crippen LogP contribution in [0, 0.1) is 5.92 Å². The number of aliphatic hydroxyl groups is 1. The summed E-state index contributed by atoms with van der Waals surface area (Å²) in [6.45, 7) is -0.110. The minimum Gasteiger partial charge on any atom is -0.392 e. The van der Waals surface area contributed by atoms with Crippen molar-refractivity contribution in [2.45, 2.75) is 38.7 Å². The van der Waals surface area contributed by atoms with Crippen LogP contribution in [0.3, 0.4) is 0 Å². The number of anilines is 3. The number of aliphatic hydroxyl groups excluding tert-OH is 1. The van der Waals surface area contributed by atoms with Crippen molar-refractivity contribution in [3.05, 3.63) is 47.1 Å². The van der Waals surface area contributed by atoms with Gasteiger partial charge in [0.2, 0.25) is 5.91 Å². The van der Waals surface area contributed by atoms with E-state index in [2.05, 4.69) is 15.6 Å². The van der Waals surface area contributed by atoms with E-state index in [0.717, 1.165) is 31.4 Å². The van der Waals surface area contributed by atoms with E-state index in [1.807, 2.05) is 24.3 Å². The van der Waals surface area contributed by atoms with Gasteiger partial charge in [-0.2, -0.15) is 0 Å². The van der Waals surface area contributed by atoms with Gasteiger partial charge in [-0.1, -0.05) is 43.0 Å². The summed E-state index contributed by atoms with van der Waals surface area (Å²) < 4.78 is 0. The summed E-state index contributed by atoms with van der Waals surface area (Å²) in [5.41, 5.74) is 2.09. The van der Waals surface area contributed by atoms with Crippen LogP contribution in [-0.4, -0.2) is 16.0 Å². The fourth-order valence-corrected chi connectivity index (χ4v) is 3.32. The first-order valence-electron chi connectivity index (χ1n) is 8.59. The van der Waals surface area contributed by atoms with Crippen molar-refractivity contribution in [2.24, 2.45) is 5.92 Å². The molecular weight excluding hydrogens is 338 g/mol. The standard InChI is InChI=1S/C19H22ClN3O2/c20-15-10-13(12-24)11-21-18(15)22-16-8-4-5-9-17(16)23-19(25)14-6-2-1-3-7-14/h4-5,8-11,14,24H,1-3,6-7,12H2,(H,21,22)(H,23,25). The number of halogens is 1. The van der Waals surface area contributed by atoms with Crippen LogP contribution in [-0.2, 0) is 11.4 Å². The van der Waals surface area contributed by atoms with Crippen LogP contribution in [0.5, 0.6) is 0 Å². The van der Waals surface area contributed by atoms with Crippen LogP contribution in [0.1, 0.15) is 37.7 Å².